The molecule has 84 valence electrons. The molecule has 2 heterocycles. The highest BCUT2D eigenvalue weighted by Crippen LogP contribution is 2.25. The fourth-order valence-electron chi connectivity index (χ4n) is 1.47. The predicted octanol–water partition coefficient (Wildman–Crippen LogP) is 2.05. The van der Waals surface area contributed by atoms with E-state index in [2.05, 4.69) is 9.97 Å². The van der Waals surface area contributed by atoms with Gasteiger partial charge in [0.15, 0.2) is 0 Å². The zero-order valence-corrected chi connectivity index (χ0v) is 9.02. The van der Waals surface area contributed by atoms with Gasteiger partial charge in [0.05, 0.1) is 11.5 Å². The molecule has 16 heavy (non-hydrogen) atoms. The van der Waals surface area contributed by atoms with Crippen LogP contribution in [0.25, 0.3) is 11.0 Å². The number of ether oxygens (including phenoxy) is 1. The third kappa shape index (κ3) is 1.84. The van der Waals surface area contributed by atoms with Crippen molar-refractivity contribution < 1.29 is 14.6 Å². The number of carboxylic acids is 1. The van der Waals surface area contributed by atoms with Crippen molar-refractivity contribution in [1.82, 2.24) is 9.97 Å². The number of hydrogen-bond donors (Lipinski definition) is 2. The number of nitrogens with one attached hydrogen (secondary N) is 1. The Morgan fingerprint density at radius 1 is 1.56 bits per heavy atom. The average Bonchev–Trinajstić information content (AvgIpc) is 2.61. The number of hydrogen-bond acceptors (Lipinski definition) is 3. The summed E-state index contributed by atoms with van der Waals surface area (Å²) in [6.45, 7) is 3.83. The van der Waals surface area contributed by atoms with Crippen LogP contribution in [0.3, 0.4) is 0 Å². The summed E-state index contributed by atoms with van der Waals surface area (Å²) in [4.78, 5) is 17.6. The van der Waals surface area contributed by atoms with Gasteiger partial charge in [-0.1, -0.05) is 0 Å². The molecular formula is C11H12N2O3. The summed E-state index contributed by atoms with van der Waals surface area (Å²) in [5.41, 5.74) is 0.637. The first-order chi connectivity index (χ1) is 7.58. The Labute approximate surface area is 92.1 Å². The lowest BCUT2D eigenvalue weighted by molar-refractivity contribution is 0.0691. The van der Waals surface area contributed by atoms with Gasteiger partial charge in [0.1, 0.15) is 17.1 Å². The standard InChI is InChI=1S/C11H12N2O3/c1-6(2)16-9-3-4-12-10-7(9)5-8(13-10)11(14)15/h3-6H,1-2H3,(H,12,13)(H,14,15). The average molecular weight is 220 g/mol. The molecule has 0 amide bonds. The van der Waals surface area contributed by atoms with Gasteiger partial charge < -0.3 is 14.8 Å². The first-order valence-electron chi connectivity index (χ1n) is 4.95. The minimum absolute atomic E-state index is 0.0359. The fraction of sp³-hybridized carbons (Fsp3) is 0.273. The quantitative estimate of drug-likeness (QED) is 0.830. The molecule has 5 heteroatoms. The van der Waals surface area contributed by atoms with Crippen molar-refractivity contribution in [3.8, 4) is 5.75 Å². The summed E-state index contributed by atoms with van der Waals surface area (Å²) in [7, 11) is 0. The Morgan fingerprint density at radius 2 is 2.31 bits per heavy atom. The van der Waals surface area contributed by atoms with Gasteiger partial charge in [0.2, 0.25) is 0 Å². The van der Waals surface area contributed by atoms with E-state index in [4.69, 9.17) is 9.84 Å². The lowest BCUT2D eigenvalue weighted by atomic mass is 10.3. The van der Waals surface area contributed by atoms with Crippen LogP contribution in [0.2, 0.25) is 0 Å². The molecule has 0 aliphatic carbocycles. The highest BCUT2D eigenvalue weighted by atomic mass is 16.5. The fourth-order valence-corrected chi connectivity index (χ4v) is 1.47. The molecule has 0 atom stereocenters. The van der Waals surface area contributed by atoms with Crippen LogP contribution in [0.15, 0.2) is 18.3 Å². The predicted molar refractivity (Wildman–Crippen MR) is 58.8 cm³/mol. The van der Waals surface area contributed by atoms with Crippen molar-refractivity contribution in [3.63, 3.8) is 0 Å². The molecular weight excluding hydrogens is 208 g/mol. The minimum atomic E-state index is -1.01. The summed E-state index contributed by atoms with van der Waals surface area (Å²) < 4.78 is 5.57. The monoisotopic (exact) mass is 220 g/mol. The second kappa shape index (κ2) is 3.84. The van der Waals surface area contributed by atoms with Crippen LogP contribution in [0, 0.1) is 0 Å². The number of carboxylic acid groups (broad SMARTS) is 1. The lowest BCUT2D eigenvalue weighted by Gasteiger charge is -2.09. The van der Waals surface area contributed by atoms with E-state index >= 15 is 0 Å². The normalized spacial score (nSPS) is 10.9. The van der Waals surface area contributed by atoms with Gasteiger partial charge in [-0.3, -0.25) is 0 Å². The Bertz CT molecular complexity index is 531. The molecule has 0 aromatic carbocycles. The number of pyridine rings is 1. The van der Waals surface area contributed by atoms with Gasteiger partial charge in [-0.2, -0.15) is 0 Å². The largest absolute Gasteiger partial charge is 0.490 e. The Hall–Kier alpha value is -2.04. The van der Waals surface area contributed by atoms with Crippen molar-refractivity contribution in [2.75, 3.05) is 0 Å². The van der Waals surface area contributed by atoms with E-state index in [1.807, 2.05) is 13.8 Å². The van der Waals surface area contributed by atoms with E-state index in [1.165, 1.54) is 6.07 Å². The van der Waals surface area contributed by atoms with Gasteiger partial charge >= 0.3 is 5.97 Å². The molecule has 2 N–H and O–H groups in total. The topological polar surface area (TPSA) is 75.2 Å². The molecule has 0 aliphatic heterocycles. The second-order valence-corrected chi connectivity index (χ2v) is 3.73. The maximum Gasteiger partial charge on any atom is 0.352 e. The van der Waals surface area contributed by atoms with E-state index in [0.717, 1.165) is 0 Å². The summed E-state index contributed by atoms with van der Waals surface area (Å²) in [6.07, 6.45) is 1.62. The molecule has 0 unspecified atom stereocenters. The molecule has 2 rings (SSSR count). The highest BCUT2D eigenvalue weighted by molar-refractivity contribution is 5.94. The molecule has 0 radical (unpaired) electrons. The molecule has 2 aromatic heterocycles. The van der Waals surface area contributed by atoms with Gasteiger partial charge in [-0.25, -0.2) is 9.78 Å². The molecule has 0 saturated heterocycles. The van der Waals surface area contributed by atoms with Crippen molar-refractivity contribution in [2.45, 2.75) is 20.0 Å². The van der Waals surface area contributed by atoms with Gasteiger partial charge in [-0.15, -0.1) is 0 Å². The van der Waals surface area contributed by atoms with Crippen molar-refractivity contribution in [2.24, 2.45) is 0 Å². The first-order valence-corrected chi connectivity index (χ1v) is 4.95. The number of carbonyl (C=O) groups is 1. The molecule has 0 fully saturated rings. The number of aromatic carboxylic acids is 1. The highest BCUT2D eigenvalue weighted by Gasteiger charge is 2.12. The van der Waals surface area contributed by atoms with Gasteiger partial charge in [-0.05, 0) is 26.0 Å². The van der Waals surface area contributed by atoms with Crippen LogP contribution in [-0.4, -0.2) is 27.1 Å². The number of H-pyrrole nitrogens is 1. The van der Waals surface area contributed by atoms with E-state index in [0.29, 0.717) is 16.8 Å². The SMILES string of the molecule is CC(C)Oc1ccnc2[nH]c(C(=O)O)cc12. The Kier molecular flexibility index (Phi) is 2.52. The molecule has 0 aliphatic rings. The van der Waals surface area contributed by atoms with Crippen molar-refractivity contribution in [1.29, 1.82) is 0 Å². The maximum absolute atomic E-state index is 10.8. The van der Waals surface area contributed by atoms with Crippen molar-refractivity contribution in [3.05, 3.63) is 24.0 Å². The van der Waals surface area contributed by atoms with Crippen LogP contribution in [0.5, 0.6) is 5.75 Å². The number of fused-ring (bicyclic) bond motifs is 1. The minimum Gasteiger partial charge on any atom is -0.490 e. The smallest absolute Gasteiger partial charge is 0.352 e. The van der Waals surface area contributed by atoms with E-state index < -0.39 is 5.97 Å². The summed E-state index contributed by atoms with van der Waals surface area (Å²) >= 11 is 0. The number of aromatic amines is 1. The van der Waals surface area contributed by atoms with Crippen LogP contribution in [0.1, 0.15) is 24.3 Å². The molecule has 0 saturated carbocycles. The van der Waals surface area contributed by atoms with Gasteiger partial charge in [0, 0.05) is 6.20 Å². The first kappa shape index (κ1) is 10.5. The maximum atomic E-state index is 10.8. The van der Waals surface area contributed by atoms with Crippen molar-refractivity contribution >= 4 is 17.0 Å². The van der Waals surface area contributed by atoms with Crippen LogP contribution in [0.4, 0.5) is 0 Å². The van der Waals surface area contributed by atoms with Crippen LogP contribution in [-0.2, 0) is 0 Å². The third-order valence-corrected chi connectivity index (χ3v) is 2.08. The molecule has 2 aromatic rings. The molecule has 0 bridgehead atoms. The zero-order valence-electron chi connectivity index (χ0n) is 9.02. The third-order valence-electron chi connectivity index (χ3n) is 2.08. The number of aromatic nitrogens is 2. The summed E-state index contributed by atoms with van der Waals surface area (Å²) in [5.74, 6) is -0.364. The van der Waals surface area contributed by atoms with Crippen LogP contribution < -0.4 is 4.74 Å². The summed E-state index contributed by atoms with van der Waals surface area (Å²) in [6, 6.07) is 3.25. The second-order valence-electron chi connectivity index (χ2n) is 3.73. The number of nitrogens with zero attached hydrogens (tertiary/aromatic N) is 1. The molecule has 0 spiro atoms. The van der Waals surface area contributed by atoms with E-state index in [9.17, 15) is 4.79 Å². The van der Waals surface area contributed by atoms with Gasteiger partial charge in [0.25, 0.3) is 0 Å². The number of rotatable bonds is 3. The van der Waals surface area contributed by atoms with E-state index in [1.54, 1.807) is 12.3 Å². The van der Waals surface area contributed by atoms with Crippen LogP contribution >= 0.6 is 0 Å². The van der Waals surface area contributed by atoms with E-state index in [-0.39, 0.29) is 11.8 Å². The Morgan fingerprint density at radius 3 is 2.94 bits per heavy atom. The Balaban J connectivity index is 2.54. The lowest BCUT2D eigenvalue weighted by Crippen LogP contribution is -2.05. The molecule has 5 nitrogen and oxygen atoms in total. The summed E-state index contributed by atoms with van der Waals surface area (Å²) in [5, 5.41) is 9.55. The zero-order chi connectivity index (χ0) is 11.7.